The van der Waals surface area contributed by atoms with Gasteiger partial charge in [0.1, 0.15) is 17.7 Å². The Bertz CT molecular complexity index is 1110. The molecule has 0 radical (unpaired) electrons. The van der Waals surface area contributed by atoms with Crippen LogP contribution in [0.25, 0.3) is 0 Å². The van der Waals surface area contributed by atoms with E-state index in [1.807, 2.05) is 53.7 Å². The summed E-state index contributed by atoms with van der Waals surface area (Å²) in [6.45, 7) is 13.0. The molecular formula is C26H34N2O7S. The zero-order chi connectivity index (χ0) is 27.2. The van der Waals surface area contributed by atoms with E-state index in [9.17, 15) is 24.6 Å². The van der Waals surface area contributed by atoms with Crippen molar-refractivity contribution in [1.29, 1.82) is 0 Å². The first-order valence-electron chi connectivity index (χ1n) is 11.6. The Labute approximate surface area is 215 Å². The van der Waals surface area contributed by atoms with Crippen molar-refractivity contribution in [3.63, 3.8) is 0 Å². The van der Waals surface area contributed by atoms with Crippen LogP contribution < -0.4 is 0 Å². The van der Waals surface area contributed by atoms with E-state index in [2.05, 4.69) is 4.99 Å². The molecule has 9 nitrogen and oxygen atoms in total. The molecule has 3 rings (SSSR count). The fraction of sp³-hybridized carbons (Fsp3) is 0.538. The minimum atomic E-state index is -1.61. The van der Waals surface area contributed by atoms with Crippen LogP contribution in [0, 0.1) is 0 Å². The topological polar surface area (TPSA) is 126 Å². The second-order valence-electron chi connectivity index (χ2n) is 11.0. The number of thioether (sulfide) groups is 1. The Morgan fingerprint density at radius 3 is 2.17 bits per heavy atom. The number of fused-ring (bicyclic) bond motifs is 1. The zero-order valence-electron chi connectivity index (χ0n) is 21.9. The lowest BCUT2D eigenvalue weighted by molar-refractivity contribution is -0.192. The SMILES string of the molecule is CO[C@@]1(/N=C/c2cc(C(C)(C)C)c(O)c(C(C)(C)C)c2)C(=O)N2C(C(=O)O)C(COC(C)=O)=CS[C@@H]21. The summed E-state index contributed by atoms with van der Waals surface area (Å²) < 4.78 is 10.6. The van der Waals surface area contributed by atoms with E-state index in [0.717, 1.165) is 11.1 Å². The van der Waals surface area contributed by atoms with Gasteiger partial charge in [-0.25, -0.2) is 9.79 Å². The van der Waals surface area contributed by atoms with Crippen LogP contribution in [0.5, 0.6) is 5.75 Å². The fourth-order valence-corrected chi connectivity index (χ4v) is 5.60. The van der Waals surface area contributed by atoms with E-state index < -0.39 is 35.0 Å². The largest absolute Gasteiger partial charge is 0.507 e. The minimum Gasteiger partial charge on any atom is -0.507 e. The second-order valence-corrected chi connectivity index (χ2v) is 12.0. The van der Waals surface area contributed by atoms with Gasteiger partial charge >= 0.3 is 11.9 Å². The number of phenolic OH excluding ortho intramolecular Hbond substituents is 1. The van der Waals surface area contributed by atoms with Crippen molar-refractivity contribution >= 4 is 35.8 Å². The summed E-state index contributed by atoms with van der Waals surface area (Å²) in [5, 5.41) is 21.7. The van der Waals surface area contributed by atoms with Crippen molar-refractivity contribution in [1.82, 2.24) is 4.90 Å². The van der Waals surface area contributed by atoms with Crippen molar-refractivity contribution in [2.75, 3.05) is 13.7 Å². The van der Waals surface area contributed by atoms with Gasteiger partial charge in [0.15, 0.2) is 6.04 Å². The summed E-state index contributed by atoms with van der Waals surface area (Å²) in [6.07, 6.45) is 1.54. The third-order valence-corrected chi connectivity index (χ3v) is 7.49. The number of ether oxygens (including phenoxy) is 2. The van der Waals surface area contributed by atoms with Gasteiger partial charge < -0.3 is 24.6 Å². The molecule has 1 unspecified atom stereocenters. The summed E-state index contributed by atoms with van der Waals surface area (Å²) >= 11 is 1.19. The summed E-state index contributed by atoms with van der Waals surface area (Å²) in [6, 6.07) is 2.39. The molecular weight excluding hydrogens is 484 g/mol. The van der Waals surface area contributed by atoms with Gasteiger partial charge in [0.2, 0.25) is 0 Å². The van der Waals surface area contributed by atoms with Crippen LogP contribution in [0.4, 0.5) is 0 Å². The number of rotatable bonds is 6. The number of carboxylic acid groups (broad SMARTS) is 1. The molecule has 0 aromatic heterocycles. The van der Waals surface area contributed by atoms with Crippen LogP contribution in [-0.4, -0.2) is 70.0 Å². The molecule has 0 bridgehead atoms. The molecule has 1 amide bonds. The van der Waals surface area contributed by atoms with Crippen LogP contribution in [0.1, 0.15) is 65.2 Å². The Kier molecular flexibility index (Phi) is 7.36. The number of aliphatic imine (C=N–C) groups is 1. The zero-order valence-corrected chi connectivity index (χ0v) is 22.7. The molecule has 2 N–H and O–H groups in total. The first-order valence-corrected chi connectivity index (χ1v) is 12.5. The van der Waals surface area contributed by atoms with Gasteiger partial charge in [0.05, 0.1) is 0 Å². The number of carbonyl (C=O) groups excluding carboxylic acids is 2. The number of esters is 1. The van der Waals surface area contributed by atoms with Crippen LogP contribution in [0.15, 0.2) is 28.1 Å². The van der Waals surface area contributed by atoms with Gasteiger partial charge in [0.25, 0.3) is 11.6 Å². The third kappa shape index (κ3) is 4.88. The molecule has 1 saturated heterocycles. The highest BCUT2D eigenvalue weighted by atomic mass is 32.2. The standard InChI is InChI=1S/C26H34N2O7S/c1-14(29)35-12-16-13-36-23-26(34-8,22(33)28(23)19(16)21(31)32)27-11-15-9-17(24(2,3)4)20(30)18(10-15)25(5,6)7/h9-11,13,19,23,30H,12H2,1-8H3,(H,31,32)/b27-11+/t19?,23-,26+/m1/s1. The number of aromatic hydroxyl groups is 1. The van der Waals surface area contributed by atoms with Crippen molar-refractivity contribution < 1.29 is 34.1 Å². The highest BCUT2D eigenvalue weighted by molar-refractivity contribution is 8.03. The Balaban J connectivity index is 2.01. The summed E-state index contributed by atoms with van der Waals surface area (Å²) in [7, 11) is 1.36. The van der Waals surface area contributed by atoms with Crippen molar-refractivity contribution in [2.24, 2.45) is 4.99 Å². The van der Waals surface area contributed by atoms with Gasteiger partial charge in [-0.1, -0.05) is 41.5 Å². The van der Waals surface area contributed by atoms with Gasteiger partial charge in [-0.2, -0.15) is 0 Å². The highest BCUT2D eigenvalue weighted by Crippen LogP contribution is 2.48. The number of hydrogen-bond acceptors (Lipinski definition) is 8. The summed E-state index contributed by atoms with van der Waals surface area (Å²) in [5.41, 5.74) is 0.195. The number of hydrogen-bond donors (Lipinski definition) is 2. The molecule has 10 heteroatoms. The molecule has 2 aliphatic rings. The Morgan fingerprint density at radius 1 is 1.17 bits per heavy atom. The number of amides is 1. The number of carbonyl (C=O) groups is 3. The average molecular weight is 519 g/mol. The van der Waals surface area contributed by atoms with E-state index in [1.165, 1.54) is 36.9 Å². The number of benzene rings is 1. The number of phenols is 1. The van der Waals surface area contributed by atoms with E-state index in [1.54, 1.807) is 5.41 Å². The maximum Gasteiger partial charge on any atom is 0.330 e. The molecule has 0 spiro atoms. The Hall–Kier alpha value is -2.85. The molecule has 1 aromatic rings. The summed E-state index contributed by atoms with van der Waals surface area (Å²) in [5.74, 6) is -2.14. The maximum atomic E-state index is 13.3. The van der Waals surface area contributed by atoms with Crippen LogP contribution in [0.2, 0.25) is 0 Å². The second kappa shape index (κ2) is 9.55. The van der Waals surface area contributed by atoms with E-state index in [0.29, 0.717) is 11.1 Å². The van der Waals surface area contributed by atoms with Gasteiger partial charge in [-0.3, -0.25) is 9.59 Å². The van der Waals surface area contributed by atoms with Crippen LogP contribution >= 0.6 is 11.8 Å². The van der Waals surface area contributed by atoms with Crippen LogP contribution in [-0.2, 0) is 34.7 Å². The quantitative estimate of drug-likeness (QED) is 0.333. The lowest BCUT2D eigenvalue weighted by atomic mass is 9.78. The number of carboxylic acids is 1. The van der Waals surface area contributed by atoms with Gasteiger partial charge in [-0.15, -0.1) is 11.8 Å². The van der Waals surface area contributed by atoms with E-state index in [4.69, 9.17) is 9.47 Å². The Morgan fingerprint density at radius 2 is 1.72 bits per heavy atom. The normalized spacial score (nSPS) is 24.3. The predicted molar refractivity (Wildman–Crippen MR) is 137 cm³/mol. The molecule has 2 aliphatic heterocycles. The average Bonchev–Trinajstić information content (AvgIpc) is 2.76. The molecule has 1 fully saturated rings. The number of methoxy groups -OCH3 is 1. The molecule has 2 heterocycles. The molecule has 1 aromatic carbocycles. The molecule has 3 atom stereocenters. The summed E-state index contributed by atoms with van der Waals surface area (Å²) in [4.78, 5) is 42.3. The highest BCUT2D eigenvalue weighted by Gasteiger charge is 2.67. The fourth-order valence-electron chi connectivity index (χ4n) is 4.31. The lowest BCUT2D eigenvalue weighted by Gasteiger charge is -2.55. The maximum absolute atomic E-state index is 13.3. The monoisotopic (exact) mass is 518 g/mol. The number of aliphatic carboxylic acids is 1. The molecule has 0 aliphatic carbocycles. The number of β-lactam (4-membered cyclic amide) rings is 1. The lowest BCUT2D eigenvalue weighted by Crippen LogP contribution is -2.76. The predicted octanol–water partition coefficient (Wildman–Crippen LogP) is 3.56. The third-order valence-electron chi connectivity index (χ3n) is 6.25. The molecule has 36 heavy (non-hydrogen) atoms. The smallest absolute Gasteiger partial charge is 0.330 e. The first-order chi connectivity index (χ1) is 16.5. The van der Waals surface area contributed by atoms with Crippen molar-refractivity contribution in [3.8, 4) is 5.75 Å². The van der Waals surface area contributed by atoms with Gasteiger partial charge in [0, 0.05) is 36.9 Å². The molecule has 0 saturated carbocycles. The number of nitrogens with zero attached hydrogens (tertiary/aromatic N) is 2. The van der Waals surface area contributed by atoms with Crippen molar-refractivity contribution in [3.05, 3.63) is 39.8 Å². The molecule has 196 valence electrons. The minimum absolute atomic E-state index is 0.224. The van der Waals surface area contributed by atoms with Gasteiger partial charge in [-0.05, 0) is 33.9 Å². The van der Waals surface area contributed by atoms with Crippen LogP contribution in [0.3, 0.4) is 0 Å². The van der Waals surface area contributed by atoms with E-state index >= 15 is 0 Å². The first kappa shape index (κ1) is 27.7. The van der Waals surface area contributed by atoms with Crippen molar-refractivity contribution in [2.45, 2.75) is 76.4 Å². The van der Waals surface area contributed by atoms with E-state index in [-0.39, 0.29) is 23.2 Å².